The van der Waals surface area contributed by atoms with E-state index in [0.717, 1.165) is 4.47 Å². The third-order valence-corrected chi connectivity index (χ3v) is 3.16. The topological polar surface area (TPSA) is 96.0 Å². The van der Waals surface area contributed by atoms with Crippen LogP contribution in [0.2, 0.25) is 0 Å². The monoisotopic (exact) mass is 323 g/mol. The smallest absolute Gasteiger partial charge is 0.251 e. The molecule has 0 aliphatic heterocycles. The van der Waals surface area contributed by atoms with E-state index in [1.54, 1.807) is 31.2 Å². The summed E-state index contributed by atoms with van der Waals surface area (Å²) in [5.74, 6) is -1.38. The van der Waals surface area contributed by atoms with Crippen molar-refractivity contribution < 1.29 is 9.59 Å². The number of carbonyl (C=O) groups excluding carboxylic acids is 2. The first-order valence-corrected chi connectivity index (χ1v) is 6.47. The number of primary amides is 1. The first kappa shape index (κ1) is 15.2. The van der Waals surface area contributed by atoms with E-state index < -0.39 is 17.9 Å². The summed E-state index contributed by atoms with van der Waals surface area (Å²) in [7, 11) is 0. The van der Waals surface area contributed by atoms with Crippen molar-refractivity contribution in [1.82, 2.24) is 5.32 Å². The van der Waals surface area contributed by atoms with Crippen molar-refractivity contribution in [3.8, 4) is 6.07 Å². The summed E-state index contributed by atoms with van der Waals surface area (Å²) in [6.07, 6.45) is 0.145. The summed E-state index contributed by atoms with van der Waals surface area (Å²) in [4.78, 5) is 23.3. The van der Waals surface area contributed by atoms with Crippen molar-refractivity contribution in [2.75, 3.05) is 0 Å². The maximum absolute atomic E-state index is 12.0. The van der Waals surface area contributed by atoms with Crippen molar-refractivity contribution in [1.29, 1.82) is 5.26 Å². The highest BCUT2D eigenvalue weighted by Crippen LogP contribution is 2.13. The van der Waals surface area contributed by atoms with Crippen LogP contribution in [0.5, 0.6) is 0 Å². The molecule has 1 rings (SSSR count). The predicted molar refractivity (Wildman–Crippen MR) is 74.0 cm³/mol. The second-order valence-corrected chi connectivity index (χ2v) is 5.12. The normalized spacial score (nSPS) is 13.1. The molecule has 2 atom stereocenters. The molecule has 0 saturated carbocycles. The molecule has 2 amide bonds. The number of hydrogen-bond acceptors (Lipinski definition) is 3. The summed E-state index contributed by atoms with van der Waals surface area (Å²) in [6, 6.07) is 7.89. The molecule has 0 aliphatic carbocycles. The molecule has 0 aromatic heterocycles. The Kier molecular flexibility index (Phi) is 5.52. The minimum absolute atomic E-state index is 0.145. The molecule has 0 aliphatic rings. The predicted octanol–water partition coefficient (Wildman–Crippen LogP) is 1.58. The Morgan fingerprint density at radius 2 is 2.21 bits per heavy atom. The Morgan fingerprint density at radius 3 is 2.74 bits per heavy atom. The third-order valence-electron chi connectivity index (χ3n) is 2.66. The van der Waals surface area contributed by atoms with Crippen LogP contribution in [0.3, 0.4) is 0 Å². The van der Waals surface area contributed by atoms with E-state index in [0.29, 0.717) is 5.56 Å². The van der Waals surface area contributed by atoms with Crippen LogP contribution in [0.1, 0.15) is 23.7 Å². The summed E-state index contributed by atoms with van der Waals surface area (Å²) >= 11 is 3.26. The van der Waals surface area contributed by atoms with Crippen LogP contribution < -0.4 is 11.1 Å². The van der Waals surface area contributed by atoms with Crippen molar-refractivity contribution in [2.24, 2.45) is 11.7 Å². The maximum Gasteiger partial charge on any atom is 0.251 e. The largest absolute Gasteiger partial charge is 0.368 e. The number of carbonyl (C=O) groups is 2. The zero-order chi connectivity index (χ0) is 14.4. The second kappa shape index (κ2) is 6.90. The van der Waals surface area contributed by atoms with Crippen molar-refractivity contribution in [3.63, 3.8) is 0 Å². The van der Waals surface area contributed by atoms with Crippen LogP contribution in [0, 0.1) is 17.2 Å². The lowest BCUT2D eigenvalue weighted by Crippen LogP contribution is -2.48. The Morgan fingerprint density at radius 1 is 1.53 bits per heavy atom. The highest BCUT2D eigenvalue weighted by atomic mass is 79.9. The summed E-state index contributed by atoms with van der Waals surface area (Å²) < 4.78 is 0.765. The highest BCUT2D eigenvalue weighted by Gasteiger charge is 2.25. The fourth-order valence-corrected chi connectivity index (χ4v) is 2.01. The molecule has 100 valence electrons. The molecule has 0 bridgehead atoms. The Balaban J connectivity index is 2.83. The number of halogens is 1. The maximum atomic E-state index is 12.0. The van der Waals surface area contributed by atoms with Gasteiger partial charge >= 0.3 is 0 Å². The van der Waals surface area contributed by atoms with Gasteiger partial charge in [-0.25, -0.2) is 0 Å². The lowest BCUT2D eigenvalue weighted by molar-refractivity contribution is -0.120. The molecule has 3 N–H and O–H groups in total. The fraction of sp³-hybridized carbons (Fsp3) is 0.308. The molecule has 1 aromatic rings. The van der Waals surface area contributed by atoms with Gasteiger partial charge in [-0.1, -0.05) is 28.9 Å². The van der Waals surface area contributed by atoms with Gasteiger partial charge in [0.2, 0.25) is 5.91 Å². The minimum atomic E-state index is -0.855. The summed E-state index contributed by atoms with van der Waals surface area (Å²) in [5.41, 5.74) is 5.67. The van der Waals surface area contributed by atoms with E-state index in [2.05, 4.69) is 21.2 Å². The molecule has 0 fully saturated rings. The molecule has 6 heteroatoms. The van der Waals surface area contributed by atoms with Crippen LogP contribution in [0.15, 0.2) is 28.7 Å². The van der Waals surface area contributed by atoms with Crippen LogP contribution in [0.25, 0.3) is 0 Å². The van der Waals surface area contributed by atoms with E-state index in [4.69, 9.17) is 11.0 Å². The van der Waals surface area contributed by atoms with Crippen molar-refractivity contribution in [2.45, 2.75) is 19.4 Å². The summed E-state index contributed by atoms with van der Waals surface area (Å²) in [6.45, 7) is 1.69. The third kappa shape index (κ3) is 4.38. The Hall–Kier alpha value is -1.87. The molecule has 0 saturated heterocycles. The zero-order valence-corrected chi connectivity index (χ0v) is 12.0. The first-order valence-electron chi connectivity index (χ1n) is 5.68. The van der Waals surface area contributed by atoms with Gasteiger partial charge in [0, 0.05) is 16.5 Å². The Bertz CT molecular complexity index is 525. The number of hydrogen-bond donors (Lipinski definition) is 2. The molecule has 1 aromatic carbocycles. The highest BCUT2D eigenvalue weighted by molar-refractivity contribution is 9.10. The van der Waals surface area contributed by atoms with E-state index in [1.807, 2.05) is 6.07 Å². The van der Waals surface area contributed by atoms with Gasteiger partial charge in [0.15, 0.2) is 0 Å². The average Bonchev–Trinajstić information content (AvgIpc) is 2.35. The first-order chi connectivity index (χ1) is 8.95. The number of benzene rings is 1. The van der Waals surface area contributed by atoms with Crippen LogP contribution in [-0.2, 0) is 4.79 Å². The SMILES string of the molecule is C[C@H](CC#N)[C@@H](NC(=O)c1cccc(Br)c1)C(N)=O. The lowest BCUT2D eigenvalue weighted by atomic mass is 9.98. The second-order valence-electron chi connectivity index (χ2n) is 4.20. The molecular weight excluding hydrogens is 310 g/mol. The van der Waals surface area contributed by atoms with Gasteiger partial charge in [-0.15, -0.1) is 0 Å². The number of nitrogens with zero attached hydrogens (tertiary/aromatic N) is 1. The Labute approximate surface area is 119 Å². The quantitative estimate of drug-likeness (QED) is 0.861. The van der Waals surface area contributed by atoms with Crippen LogP contribution in [-0.4, -0.2) is 17.9 Å². The van der Waals surface area contributed by atoms with E-state index in [-0.39, 0.29) is 12.3 Å². The molecule has 0 heterocycles. The number of rotatable bonds is 5. The fourth-order valence-electron chi connectivity index (χ4n) is 1.61. The summed E-state index contributed by atoms with van der Waals surface area (Å²) in [5, 5.41) is 11.2. The number of amides is 2. The number of nitrogens with two attached hydrogens (primary N) is 1. The van der Waals surface area contributed by atoms with E-state index in [9.17, 15) is 9.59 Å². The van der Waals surface area contributed by atoms with Gasteiger partial charge in [0.05, 0.1) is 6.07 Å². The molecule has 5 nitrogen and oxygen atoms in total. The van der Waals surface area contributed by atoms with E-state index >= 15 is 0 Å². The van der Waals surface area contributed by atoms with Crippen molar-refractivity contribution >= 4 is 27.7 Å². The molecule has 0 unspecified atom stereocenters. The molecule has 0 spiro atoms. The van der Waals surface area contributed by atoms with Gasteiger partial charge < -0.3 is 11.1 Å². The van der Waals surface area contributed by atoms with E-state index in [1.165, 1.54) is 0 Å². The average molecular weight is 324 g/mol. The van der Waals surface area contributed by atoms with Gasteiger partial charge in [-0.3, -0.25) is 9.59 Å². The lowest BCUT2D eigenvalue weighted by Gasteiger charge is -2.20. The minimum Gasteiger partial charge on any atom is -0.368 e. The van der Waals surface area contributed by atoms with Gasteiger partial charge in [0.1, 0.15) is 6.04 Å². The standard InChI is InChI=1S/C13H14BrN3O2/c1-8(5-6-15)11(12(16)18)17-13(19)9-3-2-4-10(14)7-9/h2-4,7-8,11H,5H2,1H3,(H2,16,18)(H,17,19)/t8-,11-/m1/s1. The zero-order valence-electron chi connectivity index (χ0n) is 10.4. The number of nitriles is 1. The molecule has 19 heavy (non-hydrogen) atoms. The van der Waals surface area contributed by atoms with Gasteiger partial charge in [0.25, 0.3) is 5.91 Å². The van der Waals surface area contributed by atoms with Crippen LogP contribution >= 0.6 is 15.9 Å². The van der Waals surface area contributed by atoms with Gasteiger partial charge in [-0.2, -0.15) is 5.26 Å². The van der Waals surface area contributed by atoms with Crippen molar-refractivity contribution in [3.05, 3.63) is 34.3 Å². The number of nitrogens with one attached hydrogen (secondary N) is 1. The van der Waals surface area contributed by atoms with Gasteiger partial charge in [-0.05, 0) is 24.1 Å². The molecule has 0 radical (unpaired) electrons. The van der Waals surface area contributed by atoms with Crippen LogP contribution in [0.4, 0.5) is 0 Å². The molecular formula is C13H14BrN3O2.